The molecule has 0 saturated carbocycles. The molecule has 29 heavy (non-hydrogen) atoms. The highest BCUT2D eigenvalue weighted by molar-refractivity contribution is 5.76. The minimum absolute atomic E-state index is 0.0714. The molecule has 0 bridgehead atoms. The molecular weight excluding hydrogens is 368 g/mol. The van der Waals surface area contributed by atoms with Gasteiger partial charge in [-0.1, -0.05) is 12.1 Å². The summed E-state index contributed by atoms with van der Waals surface area (Å²) in [5.41, 5.74) is 3.87. The Hall–Kier alpha value is -2.67. The molecule has 0 atom stereocenters. The average Bonchev–Trinajstić information content (AvgIpc) is 2.78. The zero-order valence-corrected chi connectivity index (χ0v) is 17.3. The molecule has 1 aromatic carbocycles. The molecular formula is C22H30N4O3. The van der Waals surface area contributed by atoms with E-state index in [9.17, 15) is 4.79 Å². The minimum Gasteiger partial charge on any atom is -0.495 e. The number of rotatable bonds is 4. The van der Waals surface area contributed by atoms with Gasteiger partial charge in [0.15, 0.2) is 0 Å². The van der Waals surface area contributed by atoms with Gasteiger partial charge in [0.2, 0.25) is 0 Å². The van der Waals surface area contributed by atoms with Crippen molar-refractivity contribution in [1.82, 2.24) is 15.3 Å². The summed E-state index contributed by atoms with van der Waals surface area (Å²) in [5.74, 6) is 1.61. The van der Waals surface area contributed by atoms with Gasteiger partial charge in [-0.15, -0.1) is 0 Å². The third-order valence-electron chi connectivity index (χ3n) is 5.99. The van der Waals surface area contributed by atoms with Gasteiger partial charge in [-0.25, -0.2) is 9.86 Å². The summed E-state index contributed by atoms with van der Waals surface area (Å²) >= 11 is 0. The molecule has 0 spiro atoms. The number of allylic oxidation sites excluding steroid dienone is 2. The van der Waals surface area contributed by atoms with Crippen molar-refractivity contribution in [3.63, 3.8) is 0 Å². The first-order valence-electron chi connectivity index (χ1n) is 10.4. The number of urea groups is 1. The van der Waals surface area contributed by atoms with Crippen molar-refractivity contribution in [2.45, 2.75) is 25.7 Å². The Bertz CT molecular complexity index is 812. The van der Waals surface area contributed by atoms with Crippen LogP contribution in [0.1, 0.15) is 25.7 Å². The SMILES string of the molecule is COc1ccccc1N1CCN(C(=O)NC2=CC3=C(CCCC3)CN2OC)CC1. The fraction of sp³-hybridized carbons (Fsp3) is 0.500. The zero-order valence-electron chi connectivity index (χ0n) is 17.3. The van der Waals surface area contributed by atoms with Crippen LogP contribution in [0.25, 0.3) is 0 Å². The van der Waals surface area contributed by atoms with Gasteiger partial charge >= 0.3 is 6.03 Å². The third kappa shape index (κ3) is 4.19. The van der Waals surface area contributed by atoms with Crippen LogP contribution in [0.5, 0.6) is 5.75 Å². The number of hydrogen-bond acceptors (Lipinski definition) is 5. The topological polar surface area (TPSA) is 57.3 Å². The fourth-order valence-corrected chi connectivity index (χ4v) is 4.33. The lowest BCUT2D eigenvalue weighted by Crippen LogP contribution is -2.53. The molecule has 2 amide bonds. The number of anilines is 1. The molecule has 2 heterocycles. The molecule has 0 radical (unpaired) electrons. The Morgan fingerprint density at radius 2 is 1.79 bits per heavy atom. The number of benzene rings is 1. The van der Waals surface area contributed by atoms with Crippen molar-refractivity contribution >= 4 is 11.7 Å². The van der Waals surface area contributed by atoms with E-state index in [1.807, 2.05) is 23.1 Å². The highest BCUT2D eigenvalue weighted by Gasteiger charge is 2.27. The molecule has 7 heteroatoms. The monoisotopic (exact) mass is 398 g/mol. The van der Waals surface area contributed by atoms with E-state index in [1.54, 1.807) is 19.3 Å². The first kappa shape index (κ1) is 19.6. The third-order valence-corrected chi connectivity index (χ3v) is 5.99. The normalized spacial score (nSPS) is 19.7. The molecule has 0 unspecified atom stereocenters. The smallest absolute Gasteiger partial charge is 0.323 e. The van der Waals surface area contributed by atoms with Crippen LogP contribution in [0.4, 0.5) is 10.5 Å². The van der Waals surface area contributed by atoms with E-state index in [1.165, 1.54) is 24.0 Å². The van der Waals surface area contributed by atoms with Crippen molar-refractivity contribution in [2.75, 3.05) is 51.8 Å². The molecule has 1 aromatic rings. The van der Waals surface area contributed by atoms with Gasteiger partial charge in [-0.3, -0.25) is 10.2 Å². The molecule has 3 aliphatic rings. The number of methoxy groups -OCH3 is 1. The van der Waals surface area contributed by atoms with Crippen LogP contribution >= 0.6 is 0 Å². The number of nitrogens with one attached hydrogen (secondary N) is 1. The van der Waals surface area contributed by atoms with Gasteiger partial charge < -0.3 is 14.5 Å². The minimum atomic E-state index is -0.0714. The summed E-state index contributed by atoms with van der Waals surface area (Å²) in [5, 5.41) is 4.86. The summed E-state index contributed by atoms with van der Waals surface area (Å²) in [6.07, 6.45) is 6.75. The summed E-state index contributed by atoms with van der Waals surface area (Å²) < 4.78 is 5.48. The number of amides is 2. The summed E-state index contributed by atoms with van der Waals surface area (Å²) in [6, 6.07) is 7.95. The summed E-state index contributed by atoms with van der Waals surface area (Å²) in [7, 11) is 3.34. The van der Waals surface area contributed by atoms with E-state index < -0.39 is 0 Å². The number of piperazine rings is 1. The Labute approximate surface area is 172 Å². The maximum atomic E-state index is 12.9. The van der Waals surface area contributed by atoms with E-state index in [0.717, 1.165) is 49.7 Å². The van der Waals surface area contributed by atoms with E-state index in [4.69, 9.17) is 9.57 Å². The van der Waals surface area contributed by atoms with Crippen LogP contribution in [-0.2, 0) is 4.84 Å². The highest BCUT2D eigenvalue weighted by atomic mass is 16.7. The summed E-state index contributed by atoms with van der Waals surface area (Å²) in [4.78, 5) is 22.5. The van der Waals surface area contributed by atoms with Crippen LogP contribution in [-0.4, -0.2) is 62.9 Å². The molecule has 1 aliphatic carbocycles. The standard InChI is InChI=1S/C22H30N4O3/c1-28-20-10-6-5-9-19(20)24-11-13-25(14-12-24)22(27)23-21-15-17-7-3-4-8-18(17)16-26(21)29-2/h5-6,9-10,15H,3-4,7-8,11-14,16H2,1-2H3,(H,23,27). The Kier molecular flexibility index (Phi) is 5.94. The van der Waals surface area contributed by atoms with Crippen LogP contribution in [0, 0.1) is 0 Å². The van der Waals surface area contributed by atoms with Gasteiger partial charge in [0.1, 0.15) is 11.6 Å². The maximum Gasteiger partial charge on any atom is 0.323 e. The number of carbonyl (C=O) groups excluding carboxylic acids is 1. The van der Waals surface area contributed by atoms with Crippen molar-refractivity contribution in [3.05, 3.63) is 47.3 Å². The number of hydrogen-bond donors (Lipinski definition) is 1. The highest BCUT2D eigenvalue weighted by Crippen LogP contribution is 2.31. The number of hydroxylamine groups is 2. The van der Waals surface area contributed by atoms with Crippen molar-refractivity contribution in [2.24, 2.45) is 0 Å². The van der Waals surface area contributed by atoms with Gasteiger partial charge in [-0.05, 0) is 55.0 Å². The molecule has 1 saturated heterocycles. The second kappa shape index (κ2) is 8.78. The molecule has 156 valence electrons. The van der Waals surface area contributed by atoms with E-state index in [2.05, 4.69) is 22.4 Å². The van der Waals surface area contributed by atoms with Crippen molar-refractivity contribution in [3.8, 4) is 5.75 Å². The quantitative estimate of drug-likeness (QED) is 0.845. The number of ether oxygens (including phenoxy) is 1. The Morgan fingerprint density at radius 3 is 2.55 bits per heavy atom. The fourth-order valence-electron chi connectivity index (χ4n) is 4.33. The van der Waals surface area contributed by atoms with E-state index >= 15 is 0 Å². The first-order chi connectivity index (χ1) is 14.2. The predicted octanol–water partition coefficient (Wildman–Crippen LogP) is 3.12. The summed E-state index contributed by atoms with van der Waals surface area (Å²) in [6.45, 7) is 3.61. The molecule has 1 fully saturated rings. The lowest BCUT2D eigenvalue weighted by Gasteiger charge is -2.38. The van der Waals surface area contributed by atoms with Gasteiger partial charge in [-0.2, -0.15) is 0 Å². The molecule has 2 aliphatic heterocycles. The van der Waals surface area contributed by atoms with Crippen LogP contribution in [0.2, 0.25) is 0 Å². The molecule has 0 aromatic heterocycles. The molecule has 7 nitrogen and oxygen atoms in total. The largest absolute Gasteiger partial charge is 0.495 e. The maximum absolute atomic E-state index is 12.9. The zero-order chi connectivity index (χ0) is 20.2. The lowest BCUT2D eigenvalue weighted by molar-refractivity contribution is -0.0995. The predicted molar refractivity (Wildman–Crippen MR) is 113 cm³/mol. The van der Waals surface area contributed by atoms with Crippen LogP contribution < -0.4 is 15.0 Å². The number of para-hydroxylation sites is 2. The van der Waals surface area contributed by atoms with Crippen molar-refractivity contribution < 1.29 is 14.4 Å². The first-order valence-corrected chi connectivity index (χ1v) is 10.4. The Balaban J connectivity index is 1.38. The van der Waals surface area contributed by atoms with Gasteiger partial charge in [0.05, 0.1) is 26.5 Å². The van der Waals surface area contributed by atoms with Crippen LogP contribution in [0.3, 0.4) is 0 Å². The Morgan fingerprint density at radius 1 is 1.03 bits per heavy atom. The second-order valence-electron chi connectivity index (χ2n) is 7.66. The molecule has 4 rings (SSSR count). The number of nitrogens with zero attached hydrogens (tertiary/aromatic N) is 3. The second-order valence-corrected chi connectivity index (χ2v) is 7.66. The van der Waals surface area contributed by atoms with Crippen molar-refractivity contribution in [1.29, 1.82) is 0 Å². The van der Waals surface area contributed by atoms with Gasteiger partial charge in [0.25, 0.3) is 0 Å². The average molecular weight is 399 g/mol. The van der Waals surface area contributed by atoms with Crippen LogP contribution in [0.15, 0.2) is 47.3 Å². The van der Waals surface area contributed by atoms with E-state index in [-0.39, 0.29) is 6.03 Å². The van der Waals surface area contributed by atoms with Gasteiger partial charge in [0, 0.05) is 26.2 Å². The molecule has 1 N–H and O–H groups in total. The lowest BCUT2D eigenvalue weighted by atomic mass is 9.90. The number of carbonyl (C=O) groups is 1. The van der Waals surface area contributed by atoms with E-state index in [0.29, 0.717) is 13.1 Å².